The van der Waals surface area contributed by atoms with Gasteiger partial charge >= 0.3 is 11.9 Å². The highest BCUT2D eigenvalue weighted by molar-refractivity contribution is 5.95. The minimum absolute atomic E-state index is 0.0354. The number of carbonyl (C=O) groups is 2. The van der Waals surface area contributed by atoms with Gasteiger partial charge < -0.3 is 20.3 Å². The summed E-state index contributed by atoms with van der Waals surface area (Å²) in [4.78, 5) is 22.7. The van der Waals surface area contributed by atoms with Crippen molar-refractivity contribution in [1.82, 2.24) is 0 Å². The van der Waals surface area contributed by atoms with Crippen LogP contribution in [-0.4, -0.2) is 22.2 Å². The molecule has 130 valence electrons. The van der Waals surface area contributed by atoms with E-state index in [4.69, 9.17) is 4.74 Å². The Morgan fingerprint density at radius 2 is 1.15 bits per heavy atom. The number of nitrogens with one attached hydrogen (secondary N) is 1. The van der Waals surface area contributed by atoms with Crippen LogP contribution in [0.4, 0.5) is 11.4 Å². The van der Waals surface area contributed by atoms with Crippen LogP contribution in [0.15, 0.2) is 72.8 Å². The predicted octanol–water partition coefficient (Wildman–Crippen LogP) is 4.62. The Hall–Kier alpha value is -3.80. The third kappa shape index (κ3) is 3.64. The quantitative estimate of drug-likeness (QED) is 0.601. The normalized spacial score (nSPS) is 10.2. The first kappa shape index (κ1) is 17.0. The fraction of sp³-hybridized carbons (Fsp3) is 0. The molecule has 0 unspecified atom stereocenters. The van der Waals surface area contributed by atoms with Gasteiger partial charge in [0.1, 0.15) is 11.3 Å². The van der Waals surface area contributed by atoms with Gasteiger partial charge in [0.25, 0.3) is 0 Å². The van der Waals surface area contributed by atoms with Gasteiger partial charge in [-0.1, -0.05) is 36.4 Å². The lowest BCUT2D eigenvalue weighted by Crippen LogP contribution is -2.04. The van der Waals surface area contributed by atoms with E-state index < -0.39 is 11.9 Å². The van der Waals surface area contributed by atoms with E-state index in [2.05, 4.69) is 5.32 Å². The topological polar surface area (TPSA) is 95.9 Å². The molecule has 0 aliphatic carbocycles. The summed E-state index contributed by atoms with van der Waals surface area (Å²) in [6.07, 6.45) is 0. The molecular weight excluding hydrogens is 334 g/mol. The molecule has 26 heavy (non-hydrogen) atoms. The Kier molecular flexibility index (Phi) is 4.85. The van der Waals surface area contributed by atoms with E-state index in [-0.39, 0.29) is 16.9 Å². The van der Waals surface area contributed by atoms with Crippen LogP contribution in [0, 0.1) is 0 Å². The SMILES string of the molecule is O=C(O)c1ccccc1Nc1ccccc1Oc1ccccc1C(=O)O. The molecule has 6 nitrogen and oxygen atoms in total. The zero-order valence-electron chi connectivity index (χ0n) is 13.5. The van der Waals surface area contributed by atoms with Crippen LogP contribution in [0.3, 0.4) is 0 Å². The maximum atomic E-state index is 11.4. The molecule has 0 saturated heterocycles. The van der Waals surface area contributed by atoms with Crippen molar-refractivity contribution in [2.75, 3.05) is 5.32 Å². The highest BCUT2D eigenvalue weighted by atomic mass is 16.5. The molecule has 0 saturated carbocycles. The van der Waals surface area contributed by atoms with Gasteiger partial charge in [0, 0.05) is 0 Å². The summed E-state index contributed by atoms with van der Waals surface area (Å²) in [6.45, 7) is 0. The molecule has 0 amide bonds. The number of anilines is 2. The Balaban J connectivity index is 1.96. The summed E-state index contributed by atoms with van der Waals surface area (Å²) in [5.74, 6) is -1.58. The lowest BCUT2D eigenvalue weighted by atomic mass is 10.1. The van der Waals surface area contributed by atoms with E-state index in [9.17, 15) is 19.8 Å². The number of carboxylic acids is 2. The number of para-hydroxylation sites is 4. The van der Waals surface area contributed by atoms with Crippen molar-refractivity contribution >= 4 is 23.3 Å². The molecule has 0 aliphatic heterocycles. The van der Waals surface area contributed by atoms with E-state index in [0.29, 0.717) is 17.1 Å². The maximum absolute atomic E-state index is 11.4. The van der Waals surface area contributed by atoms with Gasteiger partial charge in [0.15, 0.2) is 5.75 Å². The van der Waals surface area contributed by atoms with E-state index >= 15 is 0 Å². The van der Waals surface area contributed by atoms with Crippen molar-refractivity contribution in [3.8, 4) is 11.5 Å². The van der Waals surface area contributed by atoms with Crippen molar-refractivity contribution in [2.45, 2.75) is 0 Å². The number of aromatic carboxylic acids is 2. The first-order chi connectivity index (χ1) is 12.6. The van der Waals surface area contributed by atoms with E-state index in [1.54, 1.807) is 60.7 Å². The number of hydrogen-bond acceptors (Lipinski definition) is 4. The van der Waals surface area contributed by atoms with Gasteiger partial charge in [-0.25, -0.2) is 9.59 Å². The number of ether oxygens (including phenoxy) is 1. The molecule has 0 aliphatic rings. The third-order valence-corrected chi connectivity index (χ3v) is 3.65. The van der Waals surface area contributed by atoms with Gasteiger partial charge in [0.05, 0.1) is 16.9 Å². The van der Waals surface area contributed by atoms with Crippen LogP contribution < -0.4 is 10.1 Å². The van der Waals surface area contributed by atoms with E-state index in [1.807, 2.05) is 0 Å². The Morgan fingerprint density at radius 1 is 0.654 bits per heavy atom. The number of carboxylic acid groups (broad SMARTS) is 2. The number of hydrogen-bond donors (Lipinski definition) is 3. The minimum atomic E-state index is -1.10. The largest absolute Gasteiger partial charge is 0.478 e. The lowest BCUT2D eigenvalue weighted by molar-refractivity contribution is 0.0684. The molecule has 3 N–H and O–H groups in total. The smallest absolute Gasteiger partial charge is 0.339 e. The lowest BCUT2D eigenvalue weighted by Gasteiger charge is -2.15. The van der Waals surface area contributed by atoms with Crippen molar-refractivity contribution in [3.63, 3.8) is 0 Å². The van der Waals surface area contributed by atoms with Gasteiger partial charge in [0.2, 0.25) is 0 Å². The molecule has 0 atom stereocenters. The highest BCUT2D eigenvalue weighted by Gasteiger charge is 2.14. The molecule has 0 fully saturated rings. The van der Waals surface area contributed by atoms with Gasteiger partial charge in [-0.3, -0.25) is 0 Å². The van der Waals surface area contributed by atoms with Crippen LogP contribution in [0.2, 0.25) is 0 Å². The van der Waals surface area contributed by atoms with E-state index in [0.717, 1.165) is 0 Å². The Bertz CT molecular complexity index is 889. The summed E-state index contributed by atoms with van der Waals surface area (Å²) >= 11 is 0. The molecule has 0 heterocycles. The molecule has 0 bridgehead atoms. The summed E-state index contributed by atoms with van der Waals surface area (Å²) in [7, 11) is 0. The second-order valence-electron chi connectivity index (χ2n) is 5.38. The van der Waals surface area contributed by atoms with Crippen LogP contribution in [0.25, 0.3) is 0 Å². The van der Waals surface area contributed by atoms with Crippen LogP contribution in [-0.2, 0) is 0 Å². The zero-order chi connectivity index (χ0) is 18.5. The van der Waals surface area contributed by atoms with Crippen molar-refractivity contribution in [3.05, 3.63) is 83.9 Å². The first-order valence-corrected chi connectivity index (χ1v) is 7.75. The second-order valence-corrected chi connectivity index (χ2v) is 5.38. The second kappa shape index (κ2) is 7.40. The third-order valence-electron chi connectivity index (χ3n) is 3.65. The molecule has 0 radical (unpaired) electrons. The maximum Gasteiger partial charge on any atom is 0.339 e. The Labute approximate surface area is 149 Å². The molecule has 3 aromatic rings. The van der Waals surface area contributed by atoms with Crippen molar-refractivity contribution in [2.24, 2.45) is 0 Å². The number of rotatable bonds is 6. The monoisotopic (exact) mass is 349 g/mol. The van der Waals surface area contributed by atoms with Crippen molar-refractivity contribution in [1.29, 1.82) is 0 Å². The average molecular weight is 349 g/mol. The number of benzene rings is 3. The van der Waals surface area contributed by atoms with E-state index in [1.165, 1.54) is 12.1 Å². The summed E-state index contributed by atoms with van der Waals surface area (Å²) < 4.78 is 5.78. The fourth-order valence-electron chi connectivity index (χ4n) is 2.43. The fourth-order valence-corrected chi connectivity index (χ4v) is 2.43. The Morgan fingerprint density at radius 3 is 1.81 bits per heavy atom. The van der Waals surface area contributed by atoms with Gasteiger partial charge in [-0.05, 0) is 36.4 Å². The standard InChI is InChI=1S/C20H15NO5/c22-19(23)13-7-1-3-9-15(13)21-16-10-4-6-12-18(16)26-17-11-5-2-8-14(17)20(24)25/h1-12,21H,(H,22,23)(H,24,25). The molecule has 3 rings (SSSR count). The molecule has 0 aromatic heterocycles. The summed E-state index contributed by atoms with van der Waals surface area (Å²) in [6, 6.07) is 19.7. The van der Waals surface area contributed by atoms with Gasteiger partial charge in [-0.15, -0.1) is 0 Å². The summed E-state index contributed by atoms with van der Waals surface area (Å²) in [5.41, 5.74) is 1.07. The molecule has 3 aromatic carbocycles. The predicted molar refractivity (Wildman–Crippen MR) is 96.6 cm³/mol. The molecular formula is C20H15NO5. The van der Waals surface area contributed by atoms with Crippen LogP contribution in [0.1, 0.15) is 20.7 Å². The highest BCUT2D eigenvalue weighted by Crippen LogP contribution is 2.33. The molecule has 0 spiro atoms. The summed E-state index contributed by atoms with van der Waals surface area (Å²) in [5, 5.41) is 21.6. The zero-order valence-corrected chi connectivity index (χ0v) is 13.5. The van der Waals surface area contributed by atoms with Crippen LogP contribution >= 0.6 is 0 Å². The van der Waals surface area contributed by atoms with Crippen molar-refractivity contribution < 1.29 is 24.5 Å². The van der Waals surface area contributed by atoms with Crippen LogP contribution in [0.5, 0.6) is 11.5 Å². The molecule has 6 heteroatoms. The average Bonchev–Trinajstić information content (AvgIpc) is 2.64. The van der Waals surface area contributed by atoms with Gasteiger partial charge in [-0.2, -0.15) is 0 Å². The minimum Gasteiger partial charge on any atom is -0.478 e. The first-order valence-electron chi connectivity index (χ1n) is 7.75.